The van der Waals surface area contributed by atoms with E-state index in [1.54, 1.807) is 28.6 Å². The second-order valence-electron chi connectivity index (χ2n) is 5.97. The molecule has 0 aliphatic carbocycles. The van der Waals surface area contributed by atoms with Crippen molar-refractivity contribution in [3.8, 4) is 0 Å². The smallest absolute Gasteiger partial charge is 0.408 e. The van der Waals surface area contributed by atoms with Crippen molar-refractivity contribution in [1.82, 2.24) is 9.47 Å². The van der Waals surface area contributed by atoms with Crippen molar-refractivity contribution in [1.29, 1.82) is 0 Å². The van der Waals surface area contributed by atoms with Crippen LogP contribution in [0.2, 0.25) is 5.02 Å². The molecule has 0 atom stereocenters. The Labute approximate surface area is 150 Å². The van der Waals surface area contributed by atoms with Gasteiger partial charge in [-0.2, -0.15) is 0 Å². The number of amides is 1. The molecule has 2 aromatic carbocycles. The van der Waals surface area contributed by atoms with Crippen LogP contribution in [0, 0.1) is 0 Å². The van der Waals surface area contributed by atoms with Gasteiger partial charge in [-0.25, -0.2) is 4.79 Å². The molecule has 1 amide bonds. The Kier molecular flexibility index (Phi) is 5.24. The molecule has 0 aliphatic rings. The summed E-state index contributed by atoms with van der Waals surface area (Å²) in [5.74, 6) is -0.359. The van der Waals surface area contributed by atoms with E-state index in [4.69, 9.17) is 16.0 Å². The van der Waals surface area contributed by atoms with Crippen LogP contribution in [0.25, 0.3) is 11.1 Å². The van der Waals surface area contributed by atoms with E-state index in [9.17, 15) is 9.59 Å². The van der Waals surface area contributed by atoms with Gasteiger partial charge in [-0.1, -0.05) is 35.9 Å². The Morgan fingerprint density at radius 3 is 2.80 bits per heavy atom. The van der Waals surface area contributed by atoms with Gasteiger partial charge >= 0.3 is 5.76 Å². The Hall–Kier alpha value is -2.53. The molecule has 3 aromatic rings. The molecule has 1 heterocycles. The van der Waals surface area contributed by atoms with E-state index in [1.165, 1.54) is 0 Å². The standard InChI is InChI=1S/C19H19ClN2O3/c1-21(13-14-6-4-7-15(20)12-14)18(23)10-5-11-22-16-8-2-3-9-17(16)25-19(22)24/h2-4,6-9,12H,5,10-11,13H2,1H3. The van der Waals surface area contributed by atoms with Crippen LogP contribution in [0.1, 0.15) is 18.4 Å². The molecule has 0 bridgehead atoms. The Morgan fingerprint density at radius 1 is 1.20 bits per heavy atom. The van der Waals surface area contributed by atoms with Crippen molar-refractivity contribution in [2.75, 3.05) is 7.05 Å². The van der Waals surface area contributed by atoms with Gasteiger partial charge in [0.15, 0.2) is 5.58 Å². The number of aryl methyl sites for hydroxylation is 1. The molecule has 5 nitrogen and oxygen atoms in total. The summed E-state index contributed by atoms with van der Waals surface area (Å²) < 4.78 is 6.76. The minimum atomic E-state index is -0.388. The molecule has 0 unspecified atom stereocenters. The number of rotatable bonds is 6. The van der Waals surface area contributed by atoms with Crippen LogP contribution < -0.4 is 5.76 Å². The number of aromatic nitrogens is 1. The van der Waals surface area contributed by atoms with Crippen LogP contribution in [0.15, 0.2) is 57.7 Å². The summed E-state index contributed by atoms with van der Waals surface area (Å²) in [7, 11) is 1.77. The molecule has 0 saturated carbocycles. The van der Waals surface area contributed by atoms with E-state index < -0.39 is 0 Å². The molecule has 0 spiro atoms. The zero-order valence-electron chi connectivity index (χ0n) is 13.9. The third kappa shape index (κ3) is 4.12. The van der Waals surface area contributed by atoms with Crippen molar-refractivity contribution in [3.63, 3.8) is 0 Å². The van der Waals surface area contributed by atoms with E-state index in [0.29, 0.717) is 36.5 Å². The Balaban J connectivity index is 1.57. The third-order valence-electron chi connectivity index (χ3n) is 4.08. The third-order valence-corrected chi connectivity index (χ3v) is 4.32. The number of para-hydroxylation sites is 2. The molecule has 1 aromatic heterocycles. The molecule has 6 heteroatoms. The maximum atomic E-state index is 12.3. The first-order valence-electron chi connectivity index (χ1n) is 8.11. The summed E-state index contributed by atoms with van der Waals surface area (Å²) in [6.07, 6.45) is 0.936. The monoisotopic (exact) mass is 358 g/mol. The van der Waals surface area contributed by atoms with Crippen LogP contribution in [0.5, 0.6) is 0 Å². The molecule has 0 saturated heterocycles. The lowest BCUT2D eigenvalue weighted by Crippen LogP contribution is -2.26. The van der Waals surface area contributed by atoms with E-state index in [1.807, 2.05) is 36.4 Å². The summed E-state index contributed by atoms with van der Waals surface area (Å²) in [4.78, 5) is 25.9. The first kappa shape index (κ1) is 17.3. The second kappa shape index (κ2) is 7.57. The van der Waals surface area contributed by atoms with Gasteiger partial charge in [-0.05, 0) is 36.2 Å². The molecular formula is C19H19ClN2O3. The van der Waals surface area contributed by atoms with Gasteiger partial charge in [0.05, 0.1) is 5.52 Å². The van der Waals surface area contributed by atoms with E-state index in [-0.39, 0.29) is 11.7 Å². The van der Waals surface area contributed by atoms with Crippen LogP contribution in [-0.2, 0) is 17.9 Å². The molecule has 3 rings (SSSR count). The van der Waals surface area contributed by atoms with Crippen LogP contribution in [0.3, 0.4) is 0 Å². The van der Waals surface area contributed by atoms with Gasteiger partial charge in [0.25, 0.3) is 0 Å². The van der Waals surface area contributed by atoms with Crippen molar-refractivity contribution in [2.45, 2.75) is 25.9 Å². The summed E-state index contributed by atoms with van der Waals surface area (Å²) in [5.41, 5.74) is 2.31. The highest BCUT2D eigenvalue weighted by Gasteiger charge is 2.12. The number of carbonyl (C=O) groups excluding carboxylic acids is 1. The molecule has 0 N–H and O–H groups in total. The van der Waals surface area contributed by atoms with Gasteiger partial charge in [-0.15, -0.1) is 0 Å². The SMILES string of the molecule is CN(Cc1cccc(Cl)c1)C(=O)CCCn1c(=O)oc2ccccc21. The highest BCUT2D eigenvalue weighted by Crippen LogP contribution is 2.14. The van der Waals surface area contributed by atoms with Crippen LogP contribution in [0.4, 0.5) is 0 Å². The average molecular weight is 359 g/mol. The fourth-order valence-corrected chi connectivity index (χ4v) is 3.02. The number of oxazole rings is 1. The Bertz CT molecular complexity index is 945. The minimum absolute atomic E-state index is 0.0285. The number of hydrogen-bond acceptors (Lipinski definition) is 3. The largest absolute Gasteiger partial charge is 0.419 e. The molecule has 0 radical (unpaired) electrons. The van der Waals surface area contributed by atoms with Gasteiger partial charge in [-0.3, -0.25) is 9.36 Å². The lowest BCUT2D eigenvalue weighted by molar-refractivity contribution is -0.130. The van der Waals surface area contributed by atoms with Gasteiger partial charge < -0.3 is 9.32 Å². The zero-order valence-corrected chi connectivity index (χ0v) is 14.7. The topological polar surface area (TPSA) is 55.5 Å². The first-order chi connectivity index (χ1) is 12.0. The van der Waals surface area contributed by atoms with Crippen molar-refractivity contribution in [3.05, 3.63) is 69.7 Å². The minimum Gasteiger partial charge on any atom is -0.408 e. The van der Waals surface area contributed by atoms with Crippen molar-refractivity contribution < 1.29 is 9.21 Å². The lowest BCUT2D eigenvalue weighted by Gasteiger charge is -2.17. The highest BCUT2D eigenvalue weighted by molar-refractivity contribution is 6.30. The predicted octanol–water partition coefficient (Wildman–Crippen LogP) is 3.69. The summed E-state index contributed by atoms with van der Waals surface area (Å²) in [6, 6.07) is 14.7. The lowest BCUT2D eigenvalue weighted by atomic mass is 10.2. The second-order valence-corrected chi connectivity index (χ2v) is 6.41. The maximum absolute atomic E-state index is 12.3. The van der Waals surface area contributed by atoms with E-state index in [0.717, 1.165) is 11.1 Å². The molecule has 25 heavy (non-hydrogen) atoms. The summed E-state index contributed by atoms with van der Waals surface area (Å²) >= 11 is 5.97. The number of nitrogens with zero attached hydrogens (tertiary/aromatic N) is 2. The van der Waals surface area contributed by atoms with Crippen molar-refractivity contribution in [2.24, 2.45) is 0 Å². The number of hydrogen-bond donors (Lipinski definition) is 0. The summed E-state index contributed by atoms with van der Waals surface area (Å²) in [6.45, 7) is 0.959. The maximum Gasteiger partial charge on any atom is 0.419 e. The van der Waals surface area contributed by atoms with Crippen LogP contribution >= 0.6 is 11.6 Å². The van der Waals surface area contributed by atoms with Crippen LogP contribution in [-0.4, -0.2) is 22.4 Å². The number of carbonyl (C=O) groups is 1. The number of benzene rings is 2. The van der Waals surface area contributed by atoms with E-state index in [2.05, 4.69) is 0 Å². The molecular weight excluding hydrogens is 340 g/mol. The normalized spacial score (nSPS) is 11.0. The van der Waals surface area contributed by atoms with Gasteiger partial charge in [0, 0.05) is 31.6 Å². The van der Waals surface area contributed by atoms with Gasteiger partial charge in [0.1, 0.15) is 0 Å². The first-order valence-corrected chi connectivity index (χ1v) is 8.49. The zero-order chi connectivity index (χ0) is 17.8. The number of halogens is 1. The highest BCUT2D eigenvalue weighted by atomic mass is 35.5. The predicted molar refractivity (Wildman–Crippen MR) is 97.6 cm³/mol. The number of fused-ring (bicyclic) bond motifs is 1. The average Bonchev–Trinajstić information content (AvgIpc) is 2.90. The molecule has 0 fully saturated rings. The fraction of sp³-hybridized carbons (Fsp3) is 0.263. The molecule has 130 valence electrons. The quantitative estimate of drug-likeness (QED) is 0.675. The van der Waals surface area contributed by atoms with E-state index >= 15 is 0 Å². The van der Waals surface area contributed by atoms with Crippen molar-refractivity contribution >= 4 is 28.6 Å². The summed E-state index contributed by atoms with van der Waals surface area (Å²) in [5, 5.41) is 0.657. The fourth-order valence-electron chi connectivity index (χ4n) is 2.80. The Morgan fingerprint density at radius 2 is 2.00 bits per heavy atom. The van der Waals surface area contributed by atoms with Gasteiger partial charge in [0.2, 0.25) is 5.91 Å². The molecule has 0 aliphatic heterocycles.